The molecule has 37 heavy (non-hydrogen) atoms. The molecule has 2 amide bonds. The van der Waals surface area contributed by atoms with Crippen LogP contribution in [0.5, 0.6) is 5.75 Å². The lowest BCUT2D eigenvalue weighted by atomic mass is 9.88. The highest BCUT2D eigenvalue weighted by Crippen LogP contribution is 2.32. The van der Waals surface area contributed by atoms with E-state index in [0.29, 0.717) is 30.1 Å². The smallest absolute Gasteiger partial charge is 0.258 e. The van der Waals surface area contributed by atoms with Gasteiger partial charge in [0, 0.05) is 49.6 Å². The Bertz CT molecular complexity index is 1060. The number of rotatable bonds is 8. The maximum absolute atomic E-state index is 13.7. The molecule has 1 fully saturated rings. The Hall–Kier alpha value is -2.97. The lowest BCUT2D eigenvalue weighted by molar-refractivity contribution is -0.120. The molecule has 200 valence electrons. The van der Waals surface area contributed by atoms with Gasteiger partial charge in [-0.3, -0.25) is 19.5 Å². The number of anilines is 1. The van der Waals surface area contributed by atoms with Gasteiger partial charge in [-0.15, -0.1) is 0 Å². The van der Waals surface area contributed by atoms with Gasteiger partial charge in [-0.05, 0) is 62.7 Å². The van der Waals surface area contributed by atoms with Crippen LogP contribution in [0.4, 0.5) is 5.69 Å². The molecule has 0 radical (unpaired) electrons. The number of pyridine rings is 1. The summed E-state index contributed by atoms with van der Waals surface area (Å²) in [6.45, 7) is 5.69. The van der Waals surface area contributed by atoms with E-state index >= 15 is 0 Å². The monoisotopic (exact) mass is 508 g/mol. The van der Waals surface area contributed by atoms with E-state index in [0.717, 1.165) is 32.2 Å². The summed E-state index contributed by atoms with van der Waals surface area (Å²) >= 11 is 0. The second kappa shape index (κ2) is 12.5. The molecule has 0 saturated heterocycles. The first kappa shape index (κ1) is 27.1. The van der Waals surface area contributed by atoms with Crippen molar-refractivity contribution in [2.45, 2.75) is 64.6 Å². The number of ether oxygens (including phenoxy) is 1. The van der Waals surface area contributed by atoms with Crippen molar-refractivity contribution in [3.63, 3.8) is 0 Å². The Morgan fingerprint density at radius 3 is 2.65 bits per heavy atom. The number of aliphatic hydroxyl groups is 1. The normalized spacial score (nSPS) is 21.5. The van der Waals surface area contributed by atoms with Crippen LogP contribution < -0.4 is 10.1 Å². The van der Waals surface area contributed by atoms with Gasteiger partial charge in [0.15, 0.2) is 0 Å². The maximum atomic E-state index is 13.7. The summed E-state index contributed by atoms with van der Waals surface area (Å²) in [5.74, 6) is 0.389. The Balaban J connectivity index is 1.57. The summed E-state index contributed by atoms with van der Waals surface area (Å²) < 4.78 is 6.49. The summed E-state index contributed by atoms with van der Waals surface area (Å²) in [6, 6.07) is 9.00. The third-order valence-corrected chi connectivity index (χ3v) is 7.60. The number of likely N-dealkylation sites (N-methyl/N-ethyl adjacent to an activating group) is 1. The van der Waals surface area contributed by atoms with Crippen molar-refractivity contribution in [3.05, 3.63) is 53.9 Å². The zero-order valence-corrected chi connectivity index (χ0v) is 22.2. The first-order valence-electron chi connectivity index (χ1n) is 13.5. The zero-order valence-electron chi connectivity index (χ0n) is 22.2. The number of hydrogen-bond acceptors (Lipinski definition) is 6. The van der Waals surface area contributed by atoms with Crippen molar-refractivity contribution in [1.82, 2.24) is 14.8 Å². The molecule has 2 aliphatic rings. The molecule has 0 bridgehead atoms. The van der Waals surface area contributed by atoms with E-state index in [1.807, 2.05) is 25.1 Å². The second-order valence-electron chi connectivity index (χ2n) is 10.7. The van der Waals surface area contributed by atoms with Crippen molar-refractivity contribution in [3.8, 4) is 5.75 Å². The second-order valence-corrected chi connectivity index (χ2v) is 10.7. The minimum atomic E-state index is -0.336. The van der Waals surface area contributed by atoms with Crippen molar-refractivity contribution < 1.29 is 19.4 Å². The van der Waals surface area contributed by atoms with Crippen molar-refractivity contribution in [1.29, 1.82) is 0 Å². The van der Waals surface area contributed by atoms with E-state index in [4.69, 9.17) is 4.74 Å². The number of carbonyl (C=O) groups is 2. The van der Waals surface area contributed by atoms with Crippen molar-refractivity contribution in [2.24, 2.45) is 11.8 Å². The molecule has 3 atom stereocenters. The van der Waals surface area contributed by atoms with Gasteiger partial charge in [0.1, 0.15) is 11.9 Å². The van der Waals surface area contributed by atoms with Crippen molar-refractivity contribution >= 4 is 17.5 Å². The van der Waals surface area contributed by atoms with Gasteiger partial charge in [-0.2, -0.15) is 0 Å². The molecule has 1 aromatic heterocycles. The van der Waals surface area contributed by atoms with Gasteiger partial charge in [0.25, 0.3) is 5.91 Å². The van der Waals surface area contributed by atoms with Crippen LogP contribution in [0.15, 0.2) is 42.7 Å². The number of aliphatic hydroxyl groups excluding tert-OH is 1. The first-order chi connectivity index (χ1) is 17.9. The highest BCUT2D eigenvalue weighted by molar-refractivity contribution is 6.00. The summed E-state index contributed by atoms with van der Waals surface area (Å²) in [7, 11) is 2.05. The first-order valence-corrected chi connectivity index (χ1v) is 13.5. The van der Waals surface area contributed by atoms with Crippen LogP contribution in [0.25, 0.3) is 0 Å². The van der Waals surface area contributed by atoms with Gasteiger partial charge >= 0.3 is 0 Å². The molecular formula is C29H40N4O4. The van der Waals surface area contributed by atoms with Crippen LogP contribution in [0.2, 0.25) is 0 Å². The van der Waals surface area contributed by atoms with Crippen LogP contribution in [-0.2, 0) is 11.3 Å². The molecule has 4 rings (SSSR count). The number of hydrogen-bond donors (Lipinski definition) is 2. The highest BCUT2D eigenvalue weighted by Gasteiger charge is 2.33. The van der Waals surface area contributed by atoms with Gasteiger partial charge in [0.2, 0.25) is 5.91 Å². The predicted octanol–water partition coefficient (Wildman–Crippen LogP) is 3.95. The maximum Gasteiger partial charge on any atom is 0.258 e. The predicted molar refractivity (Wildman–Crippen MR) is 143 cm³/mol. The minimum Gasteiger partial charge on any atom is -0.488 e. The van der Waals surface area contributed by atoms with E-state index in [1.165, 1.54) is 12.0 Å². The fourth-order valence-electron chi connectivity index (χ4n) is 5.30. The molecular weight excluding hydrogens is 468 g/mol. The Kier molecular flexibility index (Phi) is 9.16. The fraction of sp³-hybridized carbons (Fsp3) is 0.552. The summed E-state index contributed by atoms with van der Waals surface area (Å²) in [4.78, 5) is 34.5. The van der Waals surface area contributed by atoms with Gasteiger partial charge < -0.3 is 20.1 Å². The Labute approximate surface area is 220 Å². The van der Waals surface area contributed by atoms with Crippen LogP contribution >= 0.6 is 0 Å². The molecule has 0 spiro atoms. The van der Waals surface area contributed by atoms with E-state index in [1.54, 1.807) is 29.4 Å². The van der Waals surface area contributed by atoms with Crippen LogP contribution in [0.3, 0.4) is 0 Å². The molecule has 2 aromatic rings. The van der Waals surface area contributed by atoms with Gasteiger partial charge in [-0.25, -0.2) is 0 Å². The lowest BCUT2D eigenvalue weighted by Crippen LogP contribution is -2.49. The van der Waals surface area contributed by atoms with Crippen LogP contribution in [-0.4, -0.2) is 70.6 Å². The number of fused-ring (bicyclic) bond motifs is 1. The van der Waals surface area contributed by atoms with Crippen LogP contribution in [0.1, 0.15) is 61.9 Å². The fourth-order valence-corrected chi connectivity index (χ4v) is 5.30. The highest BCUT2D eigenvalue weighted by atomic mass is 16.5. The third kappa shape index (κ3) is 6.87. The molecule has 1 aromatic carbocycles. The molecule has 1 saturated carbocycles. The van der Waals surface area contributed by atoms with Crippen LogP contribution in [0, 0.1) is 11.8 Å². The lowest BCUT2D eigenvalue weighted by Gasteiger charge is -2.38. The van der Waals surface area contributed by atoms with E-state index in [2.05, 4.69) is 29.2 Å². The number of benzene rings is 1. The number of aromatic nitrogens is 1. The van der Waals surface area contributed by atoms with Gasteiger partial charge in [-0.1, -0.05) is 26.2 Å². The number of amides is 2. The number of carbonyl (C=O) groups excluding carboxylic acids is 2. The molecule has 1 aliphatic carbocycles. The molecule has 0 unspecified atom stereocenters. The number of nitrogens with zero attached hydrogens (tertiary/aromatic N) is 3. The molecule has 8 heteroatoms. The average molecular weight is 509 g/mol. The third-order valence-electron chi connectivity index (χ3n) is 7.60. The average Bonchev–Trinajstić information content (AvgIpc) is 2.91. The largest absolute Gasteiger partial charge is 0.488 e. The summed E-state index contributed by atoms with van der Waals surface area (Å²) in [5.41, 5.74) is 2.18. The molecule has 8 nitrogen and oxygen atoms in total. The molecule has 2 N–H and O–H groups in total. The standard InChI is InChI=1S/C29H40N4O4/c1-20-16-33(21(2)19-34)29(36)25-15-24(31-28(35)23-7-5-4-6-8-23)9-10-26(25)37-27(20)18-32(3)17-22-11-13-30-14-12-22/h9-15,20-21,23,27,34H,4-8,16-19H2,1-3H3,(H,31,35)/t20-,21-,27-/m1/s1. The SMILES string of the molecule is C[C@@H]1CN([C@H](C)CO)C(=O)c2cc(NC(=O)C3CCCCC3)ccc2O[C@@H]1CN(C)Cc1ccncc1. The quantitative estimate of drug-likeness (QED) is 0.561. The van der Waals surface area contributed by atoms with Crippen molar-refractivity contribution in [2.75, 3.05) is 32.1 Å². The number of nitrogens with one attached hydrogen (secondary N) is 1. The topological polar surface area (TPSA) is 95.0 Å². The molecule has 1 aliphatic heterocycles. The molecule has 2 heterocycles. The van der Waals surface area contributed by atoms with Gasteiger partial charge in [0.05, 0.1) is 18.2 Å². The van der Waals surface area contributed by atoms with E-state index in [-0.39, 0.29) is 42.4 Å². The summed E-state index contributed by atoms with van der Waals surface area (Å²) in [6.07, 6.45) is 8.58. The zero-order chi connectivity index (χ0) is 26.4. The Morgan fingerprint density at radius 2 is 1.95 bits per heavy atom. The minimum absolute atomic E-state index is 0.0173. The Morgan fingerprint density at radius 1 is 1.22 bits per heavy atom. The van der Waals surface area contributed by atoms with E-state index in [9.17, 15) is 14.7 Å². The summed E-state index contributed by atoms with van der Waals surface area (Å²) in [5, 5.41) is 12.9. The van der Waals surface area contributed by atoms with E-state index < -0.39 is 0 Å².